The van der Waals surface area contributed by atoms with Crippen molar-refractivity contribution in [2.45, 2.75) is 108 Å². The van der Waals surface area contributed by atoms with Crippen LogP contribution >= 0.6 is 0 Å². The summed E-state index contributed by atoms with van der Waals surface area (Å²) < 4.78 is 29.0. The molecule has 9 nitrogen and oxygen atoms in total. The number of benzene rings is 1. The minimum Gasteiger partial charge on any atom is -0.497 e. The van der Waals surface area contributed by atoms with Gasteiger partial charge in [0.05, 0.1) is 31.6 Å². The number of carbonyl (C=O) groups is 2. The molecule has 3 heterocycles. The van der Waals surface area contributed by atoms with Gasteiger partial charge in [-0.1, -0.05) is 40.0 Å². The summed E-state index contributed by atoms with van der Waals surface area (Å²) in [7, 11) is 1.59. The molecule has 4 aliphatic rings. The Balaban J connectivity index is 1.42. The van der Waals surface area contributed by atoms with E-state index in [-0.39, 0.29) is 37.2 Å². The molecule has 1 aliphatic carbocycles. The van der Waals surface area contributed by atoms with Crippen LogP contribution in [0.25, 0.3) is 0 Å². The van der Waals surface area contributed by atoms with E-state index in [0.717, 1.165) is 74.9 Å². The molecule has 1 aromatic carbocycles. The largest absolute Gasteiger partial charge is 0.497 e. The molecule has 5 rings (SSSR count). The van der Waals surface area contributed by atoms with Crippen molar-refractivity contribution in [2.24, 2.45) is 5.92 Å². The lowest BCUT2D eigenvalue weighted by Gasteiger charge is -2.39. The average Bonchev–Trinajstić information content (AvgIpc) is 3.65. The highest BCUT2D eigenvalue weighted by Gasteiger charge is 2.59. The van der Waals surface area contributed by atoms with E-state index in [0.29, 0.717) is 17.9 Å². The van der Waals surface area contributed by atoms with E-state index in [9.17, 15) is 14.7 Å². The van der Waals surface area contributed by atoms with Crippen LogP contribution < -0.4 is 9.47 Å². The Morgan fingerprint density at radius 3 is 2.69 bits per heavy atom. The third kappa shape index (κ3) is 6.00. The van der Waals surface area contributed by atoms with Crippen LogP contribution in [-0.2, 0) is 30.2 Å². The van der Waals surface area contributed by atoms with Crippen LogP contribution in [0.15, 0.2) is 24.0 Å². The van der Waals surface area contributed by atoms with Crippen LogP contribution in [0.3, 0.4) is 0 Å². The van der Waals surface area contributed by atoms with Crippen molar-refractivity contribution in [1.82, 2.24) is 4.90 Å². The molecule has 232 valence electrons. The molecular weight excluding hydrogens is 538 g/mol. The first-order valence-corrected chi connectivity index (χ1v) is 15.7. The number of hydrogen-bond donors (Lipinski definition) is 1. The van der Waals surface area contributed by atoms with Crippen LogP contribution in [0.5, 0.6) is 11.5 Å². The summed E-state index contributed by atoms with van der Waals surface area (Å²) in [5.74, 6) is 0.542. The topological polar surface area (TPSA) is 104 Å². The van der Waals surface area contributed by atoms with E-state index in [1.54, 1.807) is 7.11 Å². The number of ether oxygens (including phenoxy) is 5. The van der Waals surface area contributed by atoms with Gasteiger partial charge >= 0.3 is 11.9 Å². The number of aliphatic hydroxyl groups is 1. The van der Waals surface area contributed by atoms with E-state index in [4.69, 9.17) is 23.7 Å². The van der Waals surface area contributed by atoms with Crippen LogP contribution in [0.1, 0.15) is 95.6 Å². The van der Waals surface area contributed by atoms with E-state index in [1.807, 2.05) is 26.0 Å². The molecule has 0 saturated carbocycles. The highest BCUT2D eigenvalue weighted by molar-refractivity contribution is 5.86. The minimum atomic E-state index is -2.00. The monoisotopic (exact) mass is 585 g/mol. The quantitative estimate of drug-likeness (QED) is 0.252. The number of hydrogen-bond acceptors (Lipinski definition) is 9. The van der Waals surface area contributed by atoms with Crippen molar-refractivity contribution in [3.63, 3.8) is 0 Å². The van der Waals surface area contributed by atoms with Crippen molar-refractivity contribution < 1.29 is 38.4 Å². The van der Waals surface area contributed by atoms with Crippen molar-refractivity contribution >= 4 is 11.9 Å². The first-order valence-electron chi connectivity index (χ1n) is 15.7. The number of unbranched alkanes of at least 4 members (excludes halogenated alkanes) is 3. The van der Waals surface area contributed by atoms with Gasteiger partial charge in [-0.05, 0) is 80.3 Å². The Morgan fingerprint density at radius 2 is 1.95 bits per heavy atom. The molecule has 3 aliphatic heterocycles. The van der Waals surface area contributed by atoms with Gasteiger partial charge in [0.1, 0.15) is 5.76 Å². The van der Waals surface area contributed by atoms with E-state index >= 15 is 0 Å². The lowest BCUT2D eigenvalue weighted by Crippen LogP contribution is -2.49. The fourth-order valence-corrected chi connectivity index (χ4v) is 7.11. The number of rotatable bonds is 13. The summed E-state index contributed by atoms with van der Waals surface area (Å²) in [6.45, 7) is 8.42. The minimum absolute atomic E-state index is 0.102. The highest BCUT2D eigenvalue weighted by atomic mass is 16.7. The second kappa shape index (κ2) is 12.8. The van der Waals surface area contributed by atoms with Crippen LogP contribution in [0, 0.1) is 5.92 Å². The fourth-order valence-electron chi connectivity index (χ4n) is 7.11. The molecule has 1 N–H and O–H groups in total. The molecule has 0 radical (unpaired) electrons. The zero-order valence-electron chi connectivity index (χ0n) is 25.6. The third-order valence-electron chi connectivity index (χ3n) is 9.41. The Labute approximate surface area is 249 Å². The SMILES string of the molecule is CCCCCCOC(=O)C[C@](O)(CCC(C)C)C(=O)OC1C(OC)=CC23CCCN2CCc2cc4c(cc2[C@H]13)OCO4. The van der Waals surface area contributed by atoms with Gasteiger partial charge in [-0.25, -0.2) is 4.79 Å². The normalized spacial score (nSPS) is 25.6. The number of fused-ring (bicyclic) bond motifs is 3. The summed E-state index contributed by atoms with van der Waals surface area (Å²) in [6.07, 6.45) is 8.22. The lowest BCUT2D eigenvalue weighted by molar-refractivity contribution is -0.179. The summed E-state index contributed by atoms with van der Waals surface area (Å²) in [5.41, 5.74) is -0.214. The standard InChI is InChI=1S/C33H47NO8/c1-5-6-7-8-16-39-28(35)20-33(37,13-10-22(2)3)31(36)42-30-27(38-4)19-32-12-9-14-34(32)15-11-23-17-25-26(41-21-40-25)18-24(23)29(30)32/h17-19,22,29-30,37H,5-16,20-21H2,1-4H3/t29-,30?,32?,33-/m1/s1. The molecule has 1 aromatic rings. The van der Waals surface area contributed by atoms with Gasteiger partial charge < -0.3 is 28.8 Å². The van der Waals surface area contributed by atoms with Gasteiger partial charge in [0.25, 0.3) is 0 Å². The smallest absolute Gasteiger partial charge is 0.339 e. The van der Waals surface area contributed by atoms with Gasteiger partial charge in [0.15, 0.2) is 23.2 Å². The zero-order valence-corrected chi connectivity index (χ0v) is 25.6. The molecule has 2 unspecified atom stereocenters. The average molecular weight is 586 g/mol. The zero-order chi connectivity index (χ0) is 29.9. The molecule has 42 heavy (non-hydrogen) atoms. The van der Waals surface area contributed by atoms with Crippen molar-refractivity contribution in [2.75, 3.05) is 33.6 Å². The second-order valence-electron chi connectivity index (χ2n) is 12.7. The summed E-state index contributed by atoms with van der Waals surface area (Å²) in [5, 5.41) is 11.7. The maximum Gasteiger partial charge on any atom is 0.339 e. The molecular formula is C33H47NO8. The van der Waals surface area contributed by atoms with Gasteiger partial charge in [-0.2, -0.15) is 0 Å². The second-order valence-corrected chi connectivity index (χ2v) is 12.7. The summed E-state index contributed by atoms with van der Waals surface area (Å²) >= 11 is 0. The Kier molecular flexibility index (Phi) is 9.38. The van der Waals surface area contributed by atoms with Crippen molar-refractivity contribution in [1.29, 1.82) is 0 Å². The van der Waals surface area contributed by atoms with E-state index in [2.05, 4.69) is 17.9 Å². The summed E-state index contributed by atoms with van der Waals surface area (Å²) in [4.78, 5) is 29.3. The van der Waals surface area contributed by atoms with E-state index in [1.165, 1.54) is 0 Å². The van der Waals surface area contributed by atoms with Gasteiger partial charge in [0.2, 0.25) is 6.79 Å². The number of carbonyl (C=O) groups excluding carboxylic acids is 2. The Bertz CT molecular complexity index is 1180. The van der Waals surface area contributed by atoms with Gasteiger partial charge in [-0.15, -0.1) is 0 Å². The maximum atomic E-state index is 14.0. The predicted octanol–water partition coefficient (Wildman–Crippen LogP) is 5.03. The van der Waals surface area contributed by atoms with Crippen LogP contribution in [0.4, 0.5) is 0 Å². The Morgan fingerprint density at radius 1 is 1.17 bits per heavy atom. The fraction of sp³-hybridized carbons (Fsp3) is 0.697. The number of nitrogens with zero attached hydrogens (tertiary/aromatic N) is 1. The van der Waals surface area contributed by atoms with Crippen LogP contribution in [-0.4, -0.2) is 72.8 Å². The predicted molar refractivity (Wildman–Crippen MR) is 156 cm³/mol. The maximum absolute atomic E-state index is 14.0. The lowest BCUT2D eigenvalue weighted by atomic mass is 9.77. The number of esters is 2. The molecule has 0 amide bonds. The molecule has 4 atom stereocenters. The molecule has 1 spiro atoms. The third-order valence-corrected chi connectivity index (χ3v) is 9.41. The van der Waals surface area contributed by atoms with Crippen molar-refractivity contribution in [3.8, 4) is 11.5 Å². The number of methoxy groups -OCH3 is 1. The molecule has 0 bridgehead atoms. The Hall–Kier alpha value is -2.78. The van der Waals surface area contributed by atoms with Crippen molar-refractivity contribution in [3.05, 3.63) is 35.1 Å². The molecule has 1 saturated heterocycles. The molecule has 0 aromatic heterocycles. The van der Waals surface area contributed by atoms with E-state index < -0.39 is 30.1 Å². The van der Waals surface area contributed by atoms with Crippen LogP contribution in [0.2, 0.25) is 0 Å². The van der Waals surface area contributed by atoms with Gasteiger partial charge in [-0.3, -0.25) is 9.69 Å². The van der Waals surface area contributed by atoms with Gasteiger partial charge in [0, 0.05) is 6.54 Å². The highest BCUT2D eigenvalue weighted by Crippen LogP contribution is 2.55. The molecule has 1 fully saturated rings. The molecule has 9 heteroatoms. The first-order chi connectivity index (χ1) is 20.2. The first kappa shape index (κ1) is 30.7. The summed E-state index contributed by atoms with van der Waals surface area (Å²) in [6, 6.07) is 4.08.